The molecule has 102 valence electrons. The molecule has 6 nitrogen and oxygen atoms in total. The Morgan fingerprint density at radius 1 is 1.25 bits per heavy atom. The van der Waals surface area contributed by atoms with Gasteiger partial charge in [0, 0.05) is 17.5 Å². The summed E-state index contributed by atoms with van der Waals surface area (Å²) in [5.41, 5.74) is 7.44. The Hall–Kier alpha value is -2.28. The highest BCUT2D eigenvalue weighted by Gasteiger charge is 2.15. The third kappa shape index (κ3) is 2.16. The second-order valence-corrected chi connectivity index (χ2v) is 5.10. The van der Waals surface area contributed by atoms with Crippen molar-refractivity contribution in [2.45, 2.75) is 4.90 Å². The maximum absolute atomic E-state index is 5.89. The van der Waals surface area contributed by atoms with Gasteiger partial charge in [-0.05, 0) is 30.5 Å². The van der Waals surface area contributed by atoms with Gasteiger partial charge in [0.1, 0.15) is 11.4 Å². The zero-order chi connectivity index (χ0) is 14.1. The molecule has 0 atom stereocenters. The maximum Gasteiger partial charge on any atom is 0.263 e. The lowest BCUT2D eigenvalue weighted by atomic mass is 10.2. The summed E-state index contributed by atoms with van der Waals surface area (Å²) >= 11 is 1.69. The lowest BCUT2D eigenvalue weighted by molar-refractivity contribution is 0.432. The Bertz CT molecular complexity index is 732. The molecular formula is C13H13N5OS. The Morgan fingerprint density at radius 3 is 2.60 bits per heavy atom. The number of rotatable bonds is 3. The molecular weight excluding hydrogens is 274 g/mol. The first-order chi connectivity index (χ1) is 9.69. The number of aryl methyl sites for hydroxylation is 1. The average Bonchev–Trinajstić information content (AvgIpc) is 3.08. The highest BCUT2D eigenvalue weighted by molar-refractivity contribution is 7.98. The van der Waals surface area contributed by atoms with Crippen LogP contribution in [0.4, 0.5) is 5.82 Å². The van der Waals surface area contributed by atoms with Gasteiger partial charge in [-0.3, -0.25) is 4.68 Å². The zero-order valence-electron chi connectivity index (χ0n) is 11.1. The monoisotopic (exact) mass is 287 g/mol. The molecule has 0 bridgehead atoms. The van der Waals surface area contributed by atoms with Crippen LogP contribution in [0.3, 0.4) is 0 Å². The van der Waals surface area contributed by atoms with Gasteiger partial charge in [0.05, 0.1) is 6.20 Å². The third-order valence-electron chi connectivity index (χ3n) is 2.99. The molecule has 0 aliphatic rings. The molecule has 2 heterocycles. The fraction of sp³-hybridized carbons (Fsp3) is 0.154. The van der Waals surface area contributed by atoms with Gasteiger partial charge in [-0.2, -0.15) is 10.1 Å². The van der Waals surface area contributed by atoms with E-state index in [0.717, 1.165) is 5.56 Å². The number of benzene rings is 1. The minimum atomic E-state index is 0.375. The van der Waals surface area contributed by atoms with Crippen LogP contribution in [0.15, 0.2) is 39.9 Å². The third-order valence-corrected chi connectivity index (χ3v) is 3.73. The van der Waals surface area contributed by atoms with Gasteiger partial charge in [-0.15, -0.1) is 11.8 Å². The zero-order valence-corrected chi connectivity index (χ0v) is 11.9. The van der Waals surface area contributed by atoms with E-state index in [9.17, 15) is 0 Å². The van der Waals surface area contributed by atoms with E-state index in [2.05, 4.69) is 15.2 Å². The molecule has 0 aliphatic heterocycles. The fourth-order valence-corrected chi connectivity index (χ4v) is 2.21. The number of aromatic nitrogens is 4. The predicted molar refractivity (Wildman–Crippen MR) is 78.1 cm³/mol. The maximum atomic E-state index is 5.89. The molecule has 2 aromatic heterocycles. The minimum Gasteiger partial charge on any atom is -0.383 e. The first-order valence-corrected chi connectivity index (χ1v) is 7.17. The molecule has 0 aliphatic carbocycles. The summed E-state index contributed by atoms with van der Waals surface area (Å²) in [6.45, 7) is 0. The van der Waals surface area contributed by atoms with Gasteiger partial charge in [0.15, 0.2) is 0 Å². The van der Waals surface area contributed by atoms with Crippen molar-refractivity contribution in [3.63, 3.8) is 0 Å². The van der Waals surface area contributed by atoms with E-state index in [0.29, 0.717) is 23.1 Å². The smallest absolute Gasteiger partial charge is 0.263 e. The Kier molecular flexibility index (Phi) is 3.19. The summed E-state index contributed by atoms with van der Waals surface area (Å²) in [4.78, 5) is 5.55. The number of thioether (sulfide) groups is 1. The van der Waals surface area contributed by atoms with Gasteiger partial charge in [0.2, 0.25) is 5.82 Å². The molecule has 3 rings (SSSR count). The molecule has 0 spiro atoms. The molecule has 20 heavy (non-hydrogen) atoms. The van der Waals surface area contributed by atoms with E-state index in [1.807, 2.05) is 30.5 Å². The molecule has 0 unspecified atom stereocenters. The molecule has 0 radical (unpaired) electrons. The number of hydrogen-bond acceptors (Lipinski definition) is 6. The second kappa shape index (κ2) is 5.01. The lowest BCUT2D eigenvalue weighted by Crippen LogP contribution is -1.98. The minimum absolute atomic E-state index is 0.375. The standard InChI is InChI=1S/C13H13N5OS/c1-18-11(14)10(7-15-18)13-16-12(17-19-13)8-3-5-9(20-2)6-4-8/h3-7H,14H2,1-2H3. The quantitative estimate of drug-likeness (QED) is 0.745. The van der Waals surface area contributed by atoms with Crippen LogP contribution in [0, 0.1) is 0 Å². The molecule has 0 amide bonds. The molecule has 0 fully saturated rings. The second-order valence-electron chi connectivity index (χ2n) is 4.22. The Morgan fingerprint density at radius 2 is 2.00 bits per heavy atom. The van der Waals surface area contributed by atoms with Crippen molar-refractivity contribution in [2.24, 2.45) is 7.05 Å². The fourth-order valence-electron chi connectivity index (χ4n) is 1.80. The van der Waals surface area contributed by atoms with Crippen molar-refractivity contribution in [2.75, 3.05) is 12.0 Å². The van der Waals surface area contributed by atoms with Crippen molar-refractivity contribution < 1.29 is 4.52 Å². The van der Waals surface area contributed by atoms with Gasteiger partial charge >= 0.3 is 0 Å². The number of nitrogens with zero attached hydrogens (tertiary/aromatic N) is 4. The highest BCUT2D eigenvalue weighted by atomic mass is 32.2. The van der Waals surface area contributed by atoms with Crippen molar-refractivity contribution in [3.8, 4) is 22.8 Å². The predicted octanol–water partition coefficient (Wildman–Crippen LogP) is 2.44. The number of nitrogen functional groups attached to an aromatic ring is 1. The summed E-state index contributed by atoms with van der Waals surface area (Å²) in [5, 5.41) is 8.04. The lowest BCUT2D eigenvalue weighted by Gasteiger charge is -1.97. The Balaban J connectivity index is 1.95. The number of hydrogen-bond donors (Lipinski definition) is 1. The summed E-state index contributed by atoms with van der Waals surface area (Å²) < 4.78 is 6.82. The normalized spacial score (nSPS) is 10.9. The summed E-state index contributed by atoms with van der Waals surface area (Å²) in [7, 11) is 1.76. The van der Waals surface area contributed by atoms with Gasteiger partial charge in [-0.1, -0.05) is 5.16 Å². The number of nitrogens with two attached hydrogens (primary N) is 1. The van der Waals surface area contributed by atoms with Crippen LogP contribution in [0.2, 0.25) is 0 Å². The van der Waals surface area contributed by atoms with Crippen LogP contribution in [-0.4, -0.2) is 26.2 Å². The Labute approximate surface area is 120 Å². The van der Waals surface area contributed by atoms with E-state index >= 15 is 0 Å². The molecule has 0 saturated carbocycles. The van der Waals surface area contributed by atoms with Crippen LogP contribution in [0.5, 0.6) is 0 Å². The summed E-state index contributed by atoms with van der Waals surface area (Å²) in [5.74, 6) is 1.41. The van der Waals surface area contributed by atoms with Crippen LogP contribution < -0.4 is 5.73 Å². The molecule has 7 heteroatoms. The van der Waals surface area contributed by atoms with Crippen molar-refractivity contribution in [1.82, 2.24) is 19.9 Å². The van der Waals surface area contributed by atoms with Gasteiger partial charge in [0.25, 0.3) is 5.89 Å². The van der Waals surface area contributed by atoms with E-state index in [1.165, 1.54) is 4.90 Å². The SMILES string of the molecule is CSc1ccc(-c2noc(-c3cnn(C)c3N)n2)cc1. The van der Waals surface area contributed by atoms with Crippen molar-refractivity contribution >= 4 is 17.6 Å². The summed E-state index contributed by atoms with van der Waals surface area (Å²) in [6, 6.07) is 7.98. The molecule has 0 saturated heterocycles. The first kappa shape index (κ1) is 12.7. The average molecular weight is 287 g/mol. The first-order valence-electron chi connectivity index (χ1n) is 5.95. The van der Waals surface area contributed by atoms with Crippen LogP contribution in [-0.2, 0) is 7.05 Å². The van der Waals surface area contributed by atoms with E-state index < -0.39 is 0 Å². The van der Waals surface area contributed by atoms with Gasteiger partial charge < -0.3 is 10.3 Å². The van der Waals surface area contributed by atoms with Crippen LogP contribution in [0.1, 0.15) is 0 Å². The molecule has 2 N–H and O–H groups in total. The summed E-state index contributed by atoms with van der Waals surface area (Å²) in [6.07, 6.45) is 3.65. The van der Waals surface area contributed by atoms with Gasteiger partial charge in [-0.25, -0.2) is 0 Å². The van der Waals surface area contributed by atoms with Crippen LogP contribution >= 0.6 is 11.8 Å². The van der Waals surface area contributed by atoms with E-state index in [-0.39, 0.29) is 0 Å². The molecule has 3 aromatic rings. The molecule has 1 aromatic carbocycles. The van der Waals surface area contributed by atoms with E-state index in [1.54, 1.807) is 29.7 Å². The van der Waals surface area contributed by atoms with Crippen LogP contribution in [0.25, 0.3) is 22.8 Å². The highest BCUT2D eigenvalue weighted by Crippen LogP contribution is 2.26. The van der Waals surface area contributed by atoms with Crippen molar-refractivity contribution in [3.05, 3.63) is 30.5 Å². The topological polar surface area (TPSA) is 82.8 Å². The number of anilines is 1. The largest absolute Gasteiger partial charge is 0.383 e. The van der Waals surface area contributed by atoms with E-state index in [4.69, 9.17) is 10.3 Å². The van der Waals surface area contributed by atoms with Crippen molar-refractivity contribution in [1.29, 1.82) is 0 Å².